The number of rotatable bonds is 9. The number of nitrogens with one attached hydrogen (secondary N) is 3. The fourth-order valence-electron chi connectivity index (χ4n) is 6.68. The maximum atomic E-state index is 5.83. The summed E-state index contributed by atoms with van der Waals surface area (Å²) in [4.78, 5) is 26.4. The Morgan fingerprint density at radius 3 is 2.60 bits per heavy atom. The van der Waals surface area contributed by atoms with E-state index in [0.717, 1.165) is 77.6 Å². The number of aryl methyl sites for hydroxylation is 1. The van der Waals surface area contributed by atoms with Gasteiger partial charge in [0.25, 0.3) is 0 Å². The van der Waals surface area contributed by atoms with Crippen LogP contribution in [0, 0.1) is 0 Å². The van der Waals surface area contributed by atoms with Crippen LogP contribution in [0.3, 0.4) is 0 Å². The Hall–Kier alpha value is -2.98. The van der Waals surface area contributed by atoms with Crippen molar-refractivity contribution in [2.45, 2.75) is 57.4 Å². The van der Waals surface area contributed by atoms with Crippen molar-refractivity contribution in [1.82, 2.24) is 35.1 Å². The molecule has 12 heteroatoms. The van der Waals surface area contributed by atoms with Crippen molar-refractivity contribution in [2.24, 2.45) is 0 Å². The van der Waals surface area contributed by atoms with Gasteiger partial charge in [-0.15, -0.1) is 0 Å². The molecule has 0 bridgehead atoms. The quantitative estimate of drug-likeness (QED) is 0.172. The SMILES string of the molecule is CCc1cc(Nc2ncc(Br)c(Nc3ccc4nccnc4c3P(C)C)n2)c(OC)nc1C1CCN(C2CCCNCC2)CC1. The van der Waals surface area contributed by atoms with Gasteiger partial charge < -0.3 is 25.6 Å². The molecule has 4 aromatic rings. The summed E-state index contributed by atoms with van der Waals surface area (Å²) in [6, 6.07) is 6.92. The fraction of sp³-hybridized carbons (Fsp3) is 0.485. The Balaban J connectivity index is 1.22. The topological polar surface area (TPSA) is 113 Å². The number of pyridine rings is 1. The molecule has 6 rings (SSSR count). The molecule has 3 aromatic heterocycles. The molecular formula is C33H43BrN9OP. The summed E-state index contributed by atoms with van der Waals surface area (Å²) in [7, 11) is 1.21. The van der Waals surface area contributed by atoms with E-state index in [9.17, 15) is 0 Å². The van der Waals surface area contributed by atoms with Gasteiger partial charge >= 0.3 is 0 Å². The Bertz CT molecular complexity index is 1620. The number of benzene rings is 1. The highest BCUT2D eigenvalue weighted by Gasteiger charge is 2.29. The summed E-state index contributed by atoms with van der Waals surface area (Å²) in [5.74, 6) is 2.12. The first-order valence-electron chi connectivity index (χ1n) is 15.9. The lowest BCUT2D eigenvalue weighted by Crippen LogP contribution is -2.41. The molecule has 1 aromatic carbocycles. The highest BCUT2D eigenvalue weighted by Crippen LogP contribution is 2.37. The summed E-state index contributed by atoms with van der Waals surface area (Å²) in [5, 5.41) is 11.6. The van der Waals surface area contributed by atoms with Crippen LogP contribution in [0.4, 0.5) is 23.1 Å². The van der Waals surface area contributed by atoms with E-state index in [1.807, 2.05) is 12.1 Å². The fourth-order valence-corrected chi connectivity index (χ4v) is 8.17. The molecule has 10 nitrogen and oxygen atoms in total. The van der Waals surface area contributed by atoms with Gasteiger partial charge in [-0.2, -0.15) is 4.98 Å². The van der Waals surface area contributed by atoms with Gasteiger partial charge in [0.05, 0.1) is 28.3 Å². The number of hydrogen-bond acceptors (Lipinski definition) is 10. The minimum atomic E-state index is -0.467. The molecule has 5 heterocycles. The van der Waals surface area contributed by atoms with E-state index < -0.39 is 7.92 Å². The molecule has 2 saturated heterocycles. The van der Waals surface area contributed by atoms with Gasteiger partial charge in [0.15, 0.2) is 0 Å². The van der Waals surface area contributed by atoms with Crippen LogP contribution in [-0.2, 0) is 6.42 Å². The zero-order chi connectivity index (χ0) is 31.3. The number of aromatic nitrogens is 5. The van der Waals surface area contributed by atoms with Crippen LogP contribution in [0.25, 0.3) is 11.0 Å². The maximum absolute atomic E-state index is 5.83. The standard InChI is InChI=1S/C33H43BrN9OP/c1-5-21-19-27(32(44-2)41-28(21)22-11-17-43(18-12-22)23-7-6-13-35-14-10-23)40-33-38-20-24(34)31(42-33)39-26-9-8-25-29(30(26)45(3)4)37-16-15-36-25/h8-9,15-16,19-20,22-23,35H,5-7,10-14,17-18H2,1-4H3,(H2,38,39,40,42). The summed E-state index contributed by atoms with van der Waals surface area (Å²) >= 11 is 3.64. The Morgan fingerprint density at radius 2 is 1.82 bits per heavy atom. The number of ether oxygens (including phenoxy) is 1. The maximum Gasteiger partial charge on any atom is 0.237 e. The van der Waals surface area contributed by atoms with Gasteiger partial charge in [-0.05, 0) is 118 Å². The van der Waals surface area contributed by atoms with Gasteiger partial charge in [-0.3, -0.25) is 9.97 Å². The van der Waals surface area contributed by atoms with Gasteiger partial charge in [-0.25, -0.2) is 9.97 Å². The highest BCUT2D eigenvalue weighted by molar-refractivity contribution is 9.10. The number of methoxy groups -OCH3 is 1. The van der Waals surface area contributed by atoms with E-state index >= 15 is 0 Å². The average Bonchev–Trinajstić information content (AvgIpc) is 3.36. The van der Waals surface area contributed by atoms with E-state index in [1.165, 1.54) is 30.5 Å². The zero-order valence-electron chi connectivity index (χ0n) is 26.6. The number of likely N-dealkylation sites (tertiary alicyclic amines) is 1. The van der Waals surface area contributed by atoms with E-state index in [4.69, 9.17) is 14.7 Å². The second-order valence-corrected chi connectivity index (χ2v) is 15.1. The van der Waals surface area contributed by atoms with Crippen molar-refractivity contribution < 1.29 is 4.74 Å². The lowest BCUT2D eigenvalue weighted by atomic mass is 9.88. The number of anilines is 4. The van der Waals surface area contributed by atoms with Crippen LogP contribution >= 0.6 is 23.9 Å². The molecule has 2 aliphatic heterocycles. The van der Waals surface area contributed by atoms with Crippen molar-refractivity contribution >= 4 is 63.3 Å². The van der Waals surface area contributed by atoms with E-state index in [2.05, 4.69) is 78.1 Å². The molecule has 45 heavy (non-hydrogen) atoms. The average molecular weight is 693 g/mol. The van der Waals surface area contributed by atoms with Crippen molar-refractivity contribution in [3.05, 3.63) is 52.5 Å². The van der Waals surface area contributed by atoms with Crippen LogP contribution in [0.2, 0.25) is 0 Å². The third kappa shape index (κ3) is 7.22. The molecule has 2 aliphatic rings. The first-order chi connectivity index (χ1) is 21.9. The number of fused-ring (bicyclic) bond motifs is 1. The molecule has 238 valence electrons. The zero-order valence-corrected chi connectivity index (χ0v) is 29.1. The minimum absolute atomic E-state index is 0.436. The second kappa shape index (κ2) is 14.6. The number of nitrogens with zero attached hydrogens (tertiary/aromatic N) is 6. The lowest BCUT2D eigenvalue weighted by Gasteiger charge is -2.37. The molecule has 2 fully saturated rings. The molecule has 0 amide bonds. The Morgan fingerprint density at radius 1 is 1.00 bits per heavy atom. The van der Waals surface area contributed by atoms with Gasteiger partial charge in [0.2, 0.25) is 11.8 Å². The normalized spacial score (nSPS) is 18.2. The predicted octanol–water partition coefficient (Wildman–Crippen LogP) is 6.32. The van der Waals surface area contributed by atoms with E-state index in [0.29, 0.717) is 29.6 Å². The number of piperidine rings is 1. The van der Waals surface area contributed by atoms with Crippen LogP contribution in [0.1, 0.15) is 56.2 Å². The van der Waals surface area contributed by atoms with Crippen molar-refractivity contribution in [3.8, 4) is 5.88 Å². The van der Waals surface area contributed by atoms with Crippen LogP contribution in [0.15, 0.2) is 41.3 Å². The summed E-state index contributed by atoms with van der Waals surface area (Å²) < 4.78 is 6.59. The molecule has 0 aliphatic carbocycles. The van der Waals surface area contributed by atoms with Crippen LogP contribution in [-0.4, -0.2) is 82.5 Å². The van der Waals surface area contributed by atoms with Crippen molar-refractivity contribution in [3.63, 3.8) is 0 Å². The monoisotopic (exact) mass is 691 g/mol. The molecule has 0 spiro atoms. The third-order valence-electron chi connectivity index (χ3n) is 8.96. The number of hydrogen-bond donors (Lipinski definition) is 3. The summed E-state index contributed by atoms with van der Waals surface area (Å²) in [5.41, 5.74) is 5.94. The van der Waals surface area contributed by atoms with Gasteiger partial charge in [0.1, 0.15) is 11.5 Å². The Labute approximate surface area is 275 Å². The summed E-state index contributed by atoms with van der Waals surface area (Å²) in [6.45, 7) is 11.2. The first-order valence-corrected chi connectivity index (χ1v) is 19.0. The van der Waals surface area contributed by atoms with E-state index in [1.54, 1.807) is 25.7 Å². The van der Waals surface area contributed by atoms with Crippen LogP contribution in [0.5, 0.6) is 5.88 Å². The van der Waals surface area contributed by atoms with Crippen molar-refractivity contribution in [2.75, 3.05) is 57.3 Å². The molecular weight excluding hydrogens is 649 g/mol. The highest BCUT2D eigenvalue weighted by atomic mass is 79.9. The molecule has 3 N–H and O–H groups in total. The molecule has 0 radical (unpaired) electrons. The van der Waals surface area contributed by atoms with Crippen molar-refractivity contribution in [1.29, 1.82) is 0 Å². The summed E-state index contributed by atoms with van der Waals surface area (Å²) in [6.07, 6.45) is 12.2. The molecule has 1 unspecified atom stereocenters. The first kappa shape index (κ1) is 32.0. The number of halogens is 1. The van der Waals surface area contributed by atoms with E-state index in [-0.39, 0.29) is 0 Å². The van der Waals surface area contributed by atoms with Crippen LogP contribution < -0.4 is 26.0 Å². The third-order valence-corrected chi connectivity index (χ3v) is 10.9. The molecule has 1 atom stereocenters. The molecule has 0 saturated carbocycles. The Kier molecular flexibility index (Phi) is 10.4. The van der Waals surface area contributed by atoms with Gasteiger partial charge in [-0.1, -0.05) is 14.8 Å². The largest absolute Gasteiger partial charge is 0.480 e. The smallest absolute Gasteiger partial charge is 0.237 e. The van der Waals surface area contributed by atoms with Gasteiger partial charge in [0, 0.05) is 41.5 Å². The minimum Gasteiger partial charge on any atom is -0.480 e. The predicted molar refractivity (Wildman–Crippen MR) is 188 cm³/mol. The lowest BCUT2D eigenvalue weighted by molar-refractivity contribution is 0.140. The second-order valence-electron chi connectivity index (χ2n) is 12.0.